The third kappa shape index (κ3) is 4.90. The molecule has 8 rings (SSSR count). The molecule has 50 heavy (non-hydrogen) atoms. The van der Waals surface area contributed by atoms with Crippen LogP contribution in [-0.4, -0.2) is 29.9 Å². The van der Waals surface area contributed by atoms with E-state index in [2.05, 4.69) is 152 Å². The fourth-order valence-corrected chi connectivity index (χ4v) is 11.3. The maximum atomic E-state index is 5.99. The second-order valence-corrected chi connectivity index (χ2v) is 17.9. The Morgan fingerprint density at radius 1 is 0.660 bits per heavy atom. The third-order valence-corrected chi connectivity index (χ3v) is 13.8. The van der Waals surface area contributed by atoms with Gasteiger partial charge < -0.3 is 9.64 Å². The van der Waals surface area contributed by atoms with Crippen molar-refractivity contribution >= 4 is 35.5 Å². The minimum absolute atomic E-state index is 0.634. The average Bonchev–Trinajstić information content (AvgIpc) is 3.50. The zero-order valence-electron chi connectivity index (χ0n) is 29.1. The minimum Gasteiger partial charge on any atom is -0.495 e. The van der Waals surface area contributed by atoms with E-state index < -0.39 is 13.5 Å². The molecule has 1 aliphatic rings. The lowest BCUT2D eigenvalue weighted by Crippen LogP contribution is -2.63. The van der Waals surface area contributed by atoms with Gasteiger partial charge in [-0.15, -0.1) is 0 Å². The van der Waals surface area contributed by atoms with Crippen molar-refractivity contribution in [1.82, 2.24) is 14.8 Å². The molecule has 0 atom stereocenters. The predicted octanol–water partition coefficient (Wildman–Crippen LogP) is 8.88. The molecule has 0 radical (unpaired) electrons. The fourth-order valence-electron chi connectivity index (χ4n) is 8.09. The molecule has 5 aromatic carbocycles. The lowest BCUT2D eigenvalue weighted by atomic mass is 9.66. The van der Waals surface area contributed by atoms with Gasteiger partial charge in [-0.2, -0.15) is 5.10 Å². The van der Waals surface area contributed by atoms with Crippen molar-refractivity contribution in [2.24, 2.45) is 0 Å². The van der Waals surface area contributed by atoms with E-state index in [0.29, 0.717) is 0 Å². The number of benzene rings is 5. The summed E-state index contributed by atoms with van der Waals surface area (Å²) in [6.45, 7) is 9.07. The van der Waals surface area contributed by atoms with Crippen molar-refractivity contribution in [3.63, 3.8) is 0 Å². The molecule has 0 saturated carbocycles. The normalized spacial score (nSPS) is 14.0. The van der Waals surface area contributed by atoms with E-state index in [1.54, 1.807) is 7.11 Å². The molecule has 5 nitrogen and oxygen atoms in total. The Bertz CT molecular complexity index is 2300. The van der Waals surface area contributed by atoms with Crippen LogP contribution in [0, 0.1) is 13.8 Å². The molecular weight excluding hydrogens is 629 g/mol. The van der Waals surface area contributed by atoms with Crippen molar-refractivity contribution in [2.75, 3.05) is 12.0 Å². The highest BCUT2D eigenvalue weighted by atomic mass is 28.3. The van der Waals surface area contributed by atoms with E-state index in [1.807, 2.05) is 36.0 Å². The van der Waals surface area contributed by atoms with Crippen LogP contribution in [0.3, 0.4) is 0 Å². The first kappa shape index (κ1) is 31.5. The number of ether oxygens (including phenoxy) is 1. The number of rotatable bonds is 7. The number of hydrogen-bond donors (Lipinski definition) is 0. The van der Waals surface area contributed by atoms with E-state index in [9.17, 15) is 0 Å². The zero-order chi connectivity index (χ0) is 34.5. The van der Waals surface area contributed by atoms with Crippen molar-refractivity contribution in [3.05, 3.63) is 186 Å². The van der Waals surface area contributed by atoms with Crippen LogP contribution in [-0.2, 0) is 5.41 Å². The number of aryl methyl sites for hydroxylation is 2. The molecule has 0 aliphatic carbocycles. The molecule has 3 heterocycles. The Morgan fingerprint density at radius 2 is 1.30 bits per heavy atom. The van der Waals surface area contributed by atoms with Crippen LogP contribution in [0.2, 0.25) is 13.1 Å². The summed E-state index contributed by atoms with van der Waals surface area (Å²) >= 11 is 0. The van der Waals surface area contributed by atoms with Gasteiger partial charge in [0.15, 0.2) is 0 Å². The molecular formula is C44H40N4OSi. The SMILES string of the molecule is COc1ccccc1N(c1cccc(-n2nc(C)cc2C)c1)c1cccc(C2(c3ccccn3)c3ccccc3[Si](C)(C)c3ccccc32)c1. The van der Waals surface area contributed by atoms with Crippen LogP contribution in [0.25, 0.3) is 5.69 Å². The lowest BCUT2D eigenvalue weighted by Gasteiger charge is -2.46. The highest BCUT2D eigenvalue weighted by Gasteiger charge is 2.50. The molecule has 6 heteroatoms. The van der Waals surface area contributed by atoms with Crippen LogP contribution < -0.4 is 20.0 Å². The number of para-hydroxylation sites is 2. The molecule has 0 N–H and O–H groups in total. The van der Waals surface area contributed by atoms with Gasteiger partial charge in [0.25, 0.3) is 0 Å². The number of fused-ring (bicyclic) bond motifs is 2. The highest BCUT2D eigenvalue weighted by molar-refractivity contribution is 7.01. The first-order valence-electron chi connectivity index (χ1n) is 17.1. The molecule has 0 saturated heterocycles. The Kier molecular flexibility index (Phi) is 7.76. The Balaban J connectivity index is 1.42. The molecule has 0 amide bonds. The van der Waals surface area contributed by atoms with Crippen LogP contribution in [0.1, 0.15) is 33.8 Å². The van der Waals surface area contributed by atoms with Gasteiger partial charge in [0.05, 0.1) is 35.3 Å². The van der Waals surface area contributed by atoms with Crippen molar-refractivity contribution in [1.29, 1.82) is 0 Å². The summed E-state index contributed by atoms with van der Waals surface area (Å²) in [7, 11) is -0.311. The van der Waals surface area contributed by atoms with E-state index in [0.717, 1.165) is 51.1 Å². The highest BCUT2D eigenvalue weighted by Crippen LogP contribution is 2.48. The zero-order valence-corrected chi connectivity index (χ0v) is 30.1. The number of aromatic nitrogens is 3. The van der Waals surface area contributed by atoms with E-state index in [1.165, 1.54) is 21.5 Å². The number of hydrogen-bond acceptors (Lipinski definition) is 4. The minimum atomic E-state index is -2.04. The topological polar surface area (TPSA) is 43.2 Å². The summed E-state index contributed by atoms with van der Waals surface area (Å²) in [6.07, 6.45) is 1.93. The van der Waals surface area contributed by atoms with Gasteiger partial charge in [0, 0.05) is 23.3 Å². The first-order chi connectivity index (χ1) is 24.3. The maximum absolute atomic E-state index is 5.99. The molecule has 0 fully saturated rings. The number of pyridine rings is 1. The average molecular weight is 669 g/mol. The number of anilines is 3. The summed E-state index contributed by atoms with van der Waals surface area (Å²) in [5.41, 5.74) is 10.2. The van der Waals surface area contributed by atoms with Crippen LogP contribution in [0.15, 0.2) is 152 Å². The van der Waals surface area contributed by atoms with E-state index in [-0.39, 0.29) is 0 Å². The van der Waals surface area contributed by atoms with Gasteiger partial charge in [-0.25, -0.2) is 4.68 Å². The van der Waals surface area contributed by atoms with Gasteiger partial charge in [-0.1, -0.05) is 98.0 Å². The number of nitrogens with zero attached hydrogens (tertiary/aromatic N) is 4. The van der Waals surface area contributed by atoms with E-state index >= 15 is 0 Å². The van der Waals surface area contributed by atoms with Gasteiger partial charge >= 0.3 is 0 Å². The van der Waals surface area contributed by atoms with Gasteiger partial charge in [0.1, 0.15) is 13.8 Å². The monoisotopic (exact) mass is 668 g/mol. The van der Waals surface area contributed by atoms with Gasteiger partial charge in [-0.3, -0.25) is 4.98 Å². The lowest BCUT2D eigenvalue weighted by molar-refractivity contribution is 0.416. The Hall–Kier alpha value is -5.72. The molecule has 7 aromatic rings. The summed E-state index contributed by atoms with van der Waals surface area (Å²) in [6, 6.07) is 52.3. The first-order valence-corrected chi connectivity index (χ1v) is 20.1. The largest absolute Gasteiger partial charge is 0.495 e. The van der Waals surface area contributed by atoms with Gasteiger partial charge in [0.2, 0.25) is 0 Å². The standard InChI is InChI=1S/C44H40N4OSi/c1-31-28-32(2)48(46-31)36-19-15-18-35(30-36)47(39-22-8-9-23-40(39)49-3)34-17-14-16-33(29-34)44(43-26-12-13-27-45-43)37-20-6-10-24-41(37)50(4,5)42-25-11-7-21-38(42)44/h6-30H,1-5H3. The second-order valence-electron chi connectivity index (χ2n) is 13.6. The summed E-state index contributed by atoms with van der Waals surface area (Å²) in [5.74, 6) is 0.787. The smallest absolute Gasteiger partial charge is 0.142 e. The molecule has 2 aromatic heterocycles. The molecule has 0 unspecified atom stereocenters. The van der Waals surface area contributed by atoms with E-state index in [4.69, 9.17) is 14.8 Å². The van der Waals surface area contributed by atoms with Crippen LogP contribution >= 0.6 is 0 Å². The predicted molar refractivity (Wildman–Crippen MR) is 207 cm³/mol. The molecule has 1 aliphatic heterocycles. The molecule has 0 spiro atoms. The van der Waals surface area contributed by atoms with Crippen LogP contribution in [0.5, 0.6) is 5.75 Å². The Morgan fingerprint density at radius 3 is 1.96 bits per heavy atom. The number of methoxy groups -OCH3 is 1. The fraction of sp³-hybridized carbons (Fsp3) is 0.136. The molecule has 0 bridgehead atoms. The second kappa shape index (κ2) is 12.3. The summed E-state index contributed by atoms with van der Waals surface area (Å²) < 4.78 is 8.00. The summed E-state index contributed by atoms with van der Waals surface area (Å²) in [4.78, 5) is 7.44. The molecule has 246 valence electrons. The quantitative estimate of drug-likeness (QED) is 0.159. The maximum Gasteiger partial charge on any atom is 0.142 e. The van der Waals surface area contributed by atoms with Crippen molar-refractivity contribution in [3.8, 4) is 11.4 Å². The van der Waals surface area contributed by atoms with Crippen molar-refractivity contribution in [2.45, 2.75) is 32.4 Å². The Labute approximate surface area is 295 Å². The van der Waals surface area contributed by atoms with Crippen LogP contribution in [0.4, 0.5) is 17.1 Å². The third-order valence-electron chi connectivity index (χ3n) is 10.3. The summed E-state index contributed by atoms with van der Waals surface area (Å²) in [5, 5.41) is 7.68. The van der Waals surface area contributed by atoms with Gasteiger partial charge in [-0.05, 0) is 102 Å². The van der Waals surface area contributed by atoms with Crippen molar-refractivity contribution < 1.29 is 4.74 Å².